The lowest BCUT2D eigenvalue weighted by Crippen LogP contribution is -2.41. The number of aldehydes is 1. The van der Waals surface area contributed by atoms with Gasteiger partial charge in [0.15, 0.2) is 0 Å². The first kappa shape index (κ1) is 17.7. The van der Waals surface area contributed by atoms with E-state index in [9.17, 15) is 4.79 Å². The summed E-state index contributed by atoms with van der Waals surface area (Å²) in [6, 6.07) is 15.8. The van der Waals surface area contributed by atoms with Crippen LogP contribution in [0.3, 0.4) is 0 Å². The first-order chi connectivity index (χ1) is 11.8. The number of carbonyl (C=O) groups excluding carboxylic acids is 1. The van der Waals surface area contributed by atoms with E-state index in [1.54, 1.807) is 6.07 Å². The van der Waals surface area contributed by atoms with Crippen LogP contribution in [0.1, 0.15) is 43.6 Å². The highest BCUT2D eigenvalue weighted by Gasteiger charge is 2.52. The number of carbonyl (C=O) groups is 1. The van der Waals surface area contributed by atoms with Crippen molar-refractivity contribution in [3.63, 3.8) is 0 Å². The van der Waals surface area contributed by atoms with Crippen molar-refractivity contribution in [1.82, 2.24) is 0 Å². The van der Waals surface area contributed by atoms with Crippen LogP contribution in [0, 0.1) is 0 Å². The highest BCUT2D eigenvalue weighted by Crippen LogP contribution is 2.36. The Hall–Kier alpha value is -2.11. The zero-order valence-electron chi connectivity index (χ0n) is 15.2. The maximum absolute atomic E-state index is 11.5. The lowest BCUT2D eigenvalue weighted by molar-refractivity contribution is 0.00578. The van der Waals surface area contributed by atoms with Gasteiger partial charge in [0.25, 0.3) is 0 Å². The summed E-state index contributed by atoms with van der Waals surface area (Å²) in [5, 5.41) is 3.39. The van der Waals surface area contributed by atoms with Crippen LogP contribution in [-0.4, -0.2) is 24.6 Å². The molecule has 1 heterocycles. The molecule has 0 aromatic heterocycles. The van der Waals surface area contributed by atoms with Crippen LogP contribution in [0.15, 0.2) is 48.5 Å². The van der Waals surface area contributed by atoms with E-state index in [0.717, 1.165) is 17.4 Å². The van der Waals surface area contributed by atoms with Crippen LogP contribution >= 0.6 is 0 Å². The van der Waals surface area contributed by atoms with Crippen molar-refractivity contribution in [3.05, 3.63) is 59.7 Å². The molecule has 1 aliphatic heterocycles. The minimum Gasteiger partial charge on any atom is -0.399 e. The fraction of sp³-hybridized carbons (Fsp3) is 0.350. The second-order valence-electron chi connectivity index (χ2n) is 7.39. The topological polar surface area (TPSA) is 47.6 Å². The smallest absolute Gasteiger partial charge is 0.399 e. The highest BCUT2D eigenvalue weighted by molar-refractivity contribution is 6.63. The Kier molecular flexibility index (Phi) is 4.72. The fourth-order valence-corrected chi connectivity index (χ4v) is 2.77. The predicted molar refractivity (Wildman–Crippen MR) is 101 cm³/mol. The fourth-order valence-electron chi connectivity index (χ4n) is 2.77. The van der Waals surface area contributed by atoms with Crippen LogP contribution in [0.2, 0.25) is 0 Å². The maximum Gasteiger partial charge on any atom is 0.495 e. The summed E-state index contributed by atoms with van der Waals surface area (Å²) in [5.74, 6) is 0. The van der Waals surface area contributed by atoms with Crippen LogP contribution in [0.5, 0.6) is 0 Å². The molecule has 130 valence electrons. The Morgan fingerprint density at radius 2 is 1.64 bits per heavy atom. The molecule has 4 nitrogen and oxygen atoms in total. The Balaban J connectivity index is 1.83. The largest absolute Gasteiger partial charge is 0.495 e. The first-order valence-corrected chi connectivity index (χ1v) is 8.55. The minimum atomic E-state index is -0.552. The minimum absolute atomic E-state index is 0.439. The number of rotatable bonds is 5. The van der Waals surface area contributed by atoms with Crippen LogP contribution in [0.25, 0.3) is 0 Å². The van der Waals surface area contributed by atoms with Crippen molar-refractivity contribution >= 4 is 24.6 Å². The van der Waals surface area contributed by atoms with E-state index in [0.29, 0.717) is 12.1 Å². The zero-order chi connectivity index (χ0) is 18.1. The Morgan fingerprint density at radius 3 is 2.24 bits per heavy atom. The van der Waals surface area contributed by atoms with Gasteiger partial charge in [0.2, 0.25) is 0 Å². The third-order valence-electron chi connectivity index (χ3n) is 5.06. The van der Waals surface area contributed by atoms with Gasteiger partial charge in [0.05, 0.1) is 11.2 Å². The molecule has 1 fully saturated rings. The molecule has 0 amide bonds. The van der Waals surface area contributed by atoms with E-state index in [2.05, 4.69) is 17.4 Å². The molecule has 0 bridgehead atoms. The lowest BCUT2D eigenvalue weighted by atomic mass is 9.76. The van der Waals surface area contributed by atoms with E-state index in [4.69, 9.17) is 9.31 Å². The molecule has 0 radical (unpaired) electrons. The summed E-state index contributed by atoms with van der Waals surface area (Å²) in [5.41, 5.74) is 2.59. The summed E-state index contributed by atoms with van der Waals surface area (Å²) in [6.07, 6.45) is 0.849. The number of hydrogen-bond acceptors (Lipinski definition) is 4. The van der Waals surface area contributed by atoms with Gasteiger partial charge in [-0.2, -0.15) is 0 Å². The van der Waals surface area contributed by atoms with Gasteiger partial charge in [-0.3, -0.25) is 4.79 Å². The summed E-state index contributed by atoms with van der Waals surface area (Å²) in [6.45, 7) is 8.73. The second-order valence-corrected chi connectivity index (χ2v) is 7.39. The van der Waals surface area contributed by atoms with Gasteiger partial charge >= 0.3 is 7.12 Å². The number of hydrogen-bond donors (Lipinski definition) is 1. The van der Waals surface area contributed by atoms with Gasteiger partial charge < -0.3 is 14.6 Å². The molecule has 0 saturated carbocycles. The van der Waals surface area contributed by atoms with Gasteiger partial charge in [-0.25, -0.2) is 0 Å². The molecule has 1 N–H and O–H groups in total. The monoisotopic (exact) mass is 337 g/mol. The molecule has 0 aliphatic carbocycles. The molecule has 1 aliphatic rings. The third kappa shape index (κ3) is 3.62. The van der Waals surface area contributed by atoms with Crippen molar-refractivity contribution < 1.29 is 14.1 Å². The van der Waals surface area contributed by atoms with E-state index in [1.807, 2.05) is 58.0 Å². The van der Waals surface area contributed by atoms with Crippen LogP contribution < -0.4 is 10.8 Å². The van der Waals surface area contributed by atoms with Gasteiger partial charge in [-0.1, -0.05) is 36.4 Å². The van der Waals surface area contributed by atoms with Gasteiger partial charge in [0, 0.05) is 17.8 Å². The van der Waals surface area contributed by atoms with Crippen molar-refractivity contribution in [2.75, 3.05) is 5.32 Å². The molecule has 3 rings (SSSR count). The summed E-state index contributed by atoms with van der Waals surface area (Å²) in [7, 11) is -0.552. The quantitative estimate of drug-likeness (QED) is 0.671. The number of benzene rings is 2. The molecule has 2 aromatic carbocycles. The van der Waals surface area contributed by atoms with Crippen molar-refractivity contribution in [2.24, 2.45) is 0 Å². The lowest BCUT2D eigenvalue weighted by Gasteiger charge is -2.32. The zero-order valence-corrected chi connectivity index (χ0v) is 15.2. The van der Waals surface area contributed by atoms with Crippen molar-refractivity contribution in [2.45, 2.75) is 45.4 Å². The molecular formula is C20H24BNO3. The second kappa shape index (κ2) is 6.66. The Morgan fingerprint density at radius 1 is 1.00 bits per heavy atom. The van der Waals surface area contributed by atoms with E-state index in [-0.39, 0.29) is 0 Å². The number of anilines is 1. The van der Waals surface area contributed by atoms with E-state index >= 15 is 0 Å². The molecule has 0 unspecified atom stereocenters. The van der Waals surface area contributed by atoms with Crippen molar-refractivity contribution in [3.8, 4) is 0 Å². The first-order valence-electron chi connectivity index (χ1n) is 8.55. The molecule has 5 heteroatoms. The summed E-state index contributed by atoms with van der Waals surface area (Å²) >= 11 is 0. The standard InChI is InChI=1S/C20H24BNO3/c1-19(2)20(3,4)25-21(24-19)18-12-17(11-10-16(18)14-23)22-13-15-8-6-5-7-9-15/h5-12,14,22H,13H2,1-4H3. The maximum atomic E-state index is 11.5. The predicted octanol–water partition coefficient (Wildman–Crippen LogP) is 3.41. The third-order valence-corrected chi connectivity index (χ3v) is 5.06. The number of nitrogens with one attached hydrogen (secondary N) is 1. The van der Waals surface area contributed by atoms with Crippen molar-refractivity contribution in [1.29, 1.82) is 0 Å². The molecule has 0 spiro atoms. The normalized spacial score (nSPS) is 18.2. The molecule has 2 aromatic rings. The molecule has 1 saturated heterocycles. The van der Waals surface area contributed by atoms with E-state index < -0.39 is 18.3 Å². The average molecular weight is 337 g/mol. The molecule has 0 atom stereocenters. The summed E-state index contributed by atoms with van der Waals surface area (Å²) in [4.78, 5) is 11.5. The van der Waals surface area contributed by atoms with Crippen LogP contribution in [-0.2, 0) is 15.9 Å². The summed E-state index contributed by atoms with van der Waals surface area (Å²) < 4.78 is 12.2. The highest BCUT2D eigenvalue weighted by atomic mass is 16.7. The van der Waals surface area contributed by atoms with Gasteiger partial charge in [0.1, 0.15) is 6.29 Å². The van der Waals surface area contributed by atoms with E-state index in [1.165, 1.54) is 5.56 Å². The molecular weight excluding hydrogens is 313 g/mol. The Labute approximate surface area is 149 Å². The average Bonchev–Trinajstić information content (AvgIpc) is 2.81. The van der Waals surface area contributed by atoms with Gasteiger partial charge in [-0.15, -0.1) is 0 Å². The van der Waals surface area contributed by atoms with Crippen LogP contribution in [0.4, 0.5) is 5.69 Å². The van der Waals surface area contributed by atoms with Gasteiger partial charge in [-0.05, 0) is 50.9 Å². The SMILES string of the molecule is CC1(C)OB(c2cc(NCc3ccccc3)ccc2C=O)OC1(C)C. The molecule has 25 heavy (non-hydrogen) atoms. The Bertz CT molecular complexity index is 743.